The number of nitrogens with zero attached hydrogens (tertiary/aromatic N) is 3. The molecule has 2 N–H and O–H groups in total. The van der Waals surface area contributed by atoms with Crippen LogP contribution in [-0.2, 0) is 6.54 Å². The number of H-pyrrole nitrogens is 1. The predicted molar refractivity (Wildman–Crippen MR) is 65.7 cm³/mol. The van der Waals surface area contributed by atoms with Gasteiger partial charge in [0.1, 0.15) is 16.9 Å². The quantitative estimate of drug-likeness (QED) is 0.498. The molecule has 2 rings (SSSR count). The number of imidazole rings is 1. The molecule has 0 radical (unpaired) electrons. The minimum atomic E-state index is -0.686. The lowest BCUT2D eigenvalue weighted by atomic mass is 10.2. The molecule has 2 aromatic rings. The second-order valence-corrected chi connectivity index (χ2v) is 3.93. The maximum absolute atomic E-state index is 11.9. The van der Waals surface area contributed by atoms with Gasteiger partial charge in [-0.25, -0.2) is 9.97 Å². The van der Waals surface area contributed by atoms with Gasteiger partial charge in [-0.1, -0.05) is 11.6 Å². The van der Waals surface area contributed by atoms with Crippen LogP contribution in [0.3, 0.4) is 0 Å². The Balaban J connectivity index is 2.18. The molecule has 9 heteroatoms. The summed E-state index contributed by atoms with van der Waals surface area (Å²) in [7, 11) is 0. The van der Waals surface area contributed by atoms with Crippen LogP contribution in [-0.4, -0.2) is 25.8 Å². The number of aromatic amines is 1. The second-order valence-electron chi connectivity index (χ2n) is 3.54. The van der Waals surface area contributed by atoms with E-state index in [1.165, 1.54) is 12.5 Å². The molecule has 0 bridgehead atoms. The fraction of sp³-hybridized carbons (Fsp3) is 0.100. The molecule has 0 saturated carbocycles. The third-order valence-electron chi connectivity index (χ3n) is 2.29. The first kappa shape index (κ1) is 13.0. The summed E-state index contributed by atoms with van der Waals surface area (Å²) in [6.07, 6.45) is 3.95. The van der Waals surface area contributed by atoms with Gasteiger partial charge in [0.25, 0.3) is 11.6 Å². The van der Waals surface area contributed by atoms with Gasteiger partial charge in [-0.15, -0.1) is 0 Å². The number of carbonyl (C=O) groups is 1. The van der Waals surface area contributed by atoms with E-state index in [1.54, 1.807) is 0 Å². The molecule has 0 aliphatic heterocycles. The average Bonchev–Trinajstić information content (AvgIpc) is 2.88. The fourth-order valence-corrected chi connectivity index (χ4v) is 1.56. The molecule has 8 nitrogen and oxygen atoms in total. The number of rotatable bonds is 4. The number of aromatic nitrogens is 3. The Morgan fingerprint density at radius 3 is 2.95 bits per heavy atom. The van der Waals surface area contributed by atoms with E-state index >= 15 is 0 Å². The van der Waals surface area contributed by atoms with Gasteiger partial charge in [0.2, 0.25) is 0 Å². The zero-order valence-corrected chi connectivity index (χ0v) is 10.2. The van der Waals surface area contributed by atoms with Gasteiger partial charge in [0.15, 0.2) is 0 Å². The van der Waals surface area contributed by atoms with E-state index in [4.69, 9.17) is 11.6 Å². The van der Waals surface area contributed by atoms with Gasteiger partial charge >= 0.3 is 0 Å². The zero-order valence-electron chi connectivity index (χ0n) is 9.46. The topological polar surface area (TPSA) is 114 Å². The number of nitro groups is 1. The first-order valence-corrected chi connectivity index (χ1v) is 5.51. The lowest BCUT2D eigenvalue weighted by Gasteiger charge is -2.04. The summed E-state index contributed by atoms with van der Waals surface area (Å²) >= 11 is 5.64. The number of hydrogen-bond donors (Lipinski definition) is 2. The normalized spacial score (nSPS) is 10.2. The fourth-order valence-electron chi connectivity index (χ4n) is 1.40. The van der Waals surface area contributed by atoms with Gasteiger partial charge in [-0.2, -0.15) is 0 Å². The summed E-state index contributed by atoms with van der Waals surface area (Å²) in [6, 6.07) is 1.15. The molecule has 0 aromatic carbocycles. The Morgan fingerprint density at radius 1 is 1.53 bits per heavy atom. The predicted octanol–water partition coefficient (Wildman–Crippen LogP) is 1.30. The third-order valence-corrected chi connectivity index (χ3v) is 2.49. The van der Waals surface area contributed by atoms with Crippen molar-refractivity contribution in [2.45, 2.75) is 6.54 Å². The van der Waals surface area contributed by atoms with Gasteiger partial charge in [-0.05, 0) is 6.07 Å². The Kier molecular flexibility index (Phi) is 3.71. The number of amides is 1. The maximum Gasteiger partial charge on any atom is 0.300 e. The van der Waals surface area contributed by atoms with Crippen molar-refractivity contribution in [2.24, 2.45) is 0 Å². The maximum atomic E-state index is 11.9. The molecule has 98 valence electrons. The minimum Gasteiger partial charge on any atom is -0.347 e. The molecule has 0 spiro atoms. The monoisotopic (exact) mass is 281 g/mol. The van der Waals surface area contributed by atoms with Crippen molar-refractivity contribution < 1.29 is 9.72 Å². The Bertz CT molecular complexity index is 614. The molecule has 2 heterocycles. The lowest BCUT2D eigenvalue weighted by Crippen LogP contribution is -2.24. The molecule has 0 unspecified atom stereocenters. The second kappa shape index (κ2) is 5.44. The molecule has 1 amide bonds. The standard InChI is InChI=1S/C10H8ClN5O3/c11-9-1-7(8(4-13-9)16(18)19)10(17)14-3-6-2-12-5-15-6/h1-2,4-5H,3H2,(H,12,15)(H,14,17). The number of pyridine rings is 1. The molecular weight excluding hydrogens is 274 g/mol. The van der Waals surface area contributed by atoms with Crippen molar-refractivity contribution in [3.8, 4) is 0 Å². The summed E-state index contributed by atoms with van der Waals surface area (Å²) < 4.78 is 0. The highest BCUT2D eigenvalue weighted by Gasteiger charge is 2.21. The highest BCUT2D eigenvalue weighted by atomic mass is 35.5. The first-order valence-electron chi connectivity index (χ1n) is 5.13. The van der Waals surface area contributed by atoms with Crippen molar-refractivity contribution in [3.05, 3.63) is 51.3 Å². The summed E-state index contributed by atoms with van der Waals surface area (Å²) in [5.41, 5.74) is 0.146. The van der Waals surface area contributed by atoms with E-state index in [1.807, 2.05) is 0 Å². The van der Waals surface area contributed by atoms with Gasteiger partial charge < -0.3 is 10.3 Å². The van der Waals surface area contributed by atoms with Crippen LogP contribution >= 0.6 is 11.6 Å². The third kappa shape index (κ3) is 3.05. The number of halogens is 1. The Labute approximate surface area is 112 Å². The molecule has 0 atom stereocenters. The van der Waals surface area contributed by atoms with Crippen LogP contribution in [0.5, 0.6) is 0 Å². The smallest absolute Gasteiger partial charge is 0.300 e. The van der Waals surface area contributed by atoms with E-state index in [0.717, 1.165) is 12.3 Å². The van der Waals surface area contributed by atoms with Crippen molar-refractivity contribution >= 4 is 23.2 Å². The van der Waals surface area contributed by atoms with Crippen molar-refractivity contribution in [2.75, 3.05) is 0 Å². The van der Waals surface area contributed by atoms with Crippen LogP contribution in [0.1, 0.15) is 16.1 Å². The van der Waals surface area contributed by atoms with Gasteiger partial charge in [0.05, 0.1) is 23.5 Å². The molecule has 0 fully saturated rings. The van der Waals surface area contributed by atoms with Gasteiger partial charge in [-0.3, -0.25) is 14.9 Å². The van der Waals surface area contributed by atoms with Gasteiger partial charge in [0, 0.05) is 6.20 Å². The van der Waals surface area contributed by atoms with E-state index in [0.29, 0.717) is 5.69 Å². The van der Waals surface area contributed by atoms with Crippen LogP contribution in [0, 0.1) is 10.1 Å². The summed E-state index contributed by atoms with van der Waals surface area (Å²) in [4.78, 5) is 32.2. The highest BCUT2D eigenvalue weighted by molar-refractivity contribution is 6.29. The molecule has 19 heavy (non-hydrogen) atoms. The van der Waals surface area contributed by atoms with Crippen LogP contribution in [0.4, 0.5) is 5.69 Å². The van der Waals surface area contributed by atoms with Crippen LogP contribution in [0.15, 0.2) is 24.8 Å². The van der Waals surface area contributed by atoms with Crippen molar-refractivity contribution in [3.63, 3.8) is 0 Å². The van der Waals surface area contributed by atoms with E-state index in [2.05, 4.69) is 20.3 Å². The first-order chi connectivity index (χ1) is 9.08. The SMILES string of the molecule is O=C(NCc1cnc[nH]1)c1cc(Cl)ncc1[N+](=O)[O-]. The molecule has 0 aliphatic carbocycles. The molecule has 0 saturated heterocycles. The number of hydrogen-bond acceptors (Lipinski definition) is 5. The van der Waals surface area contributed by atoms with Crippen LogP contribution in [0.25, 0.3) is 0 Å². The van der Waals surface area contributed by atoms with E-state index < -0.39 is 16.5 Å². The van der Waals surface area contributed by atoms with Crippen molar-refractivity contribution in [1.29, 1.82) is 0 Å². The van der Waals surface area contributed by atoms with Crippen LogP contribution in [0.2, 0.25) is 5.15 Å². The zero-order chi connectivity index (χ0) is 13.8. The molecule has 2 aromatic heterocycles. The van der Waals surface area contributed by atoms with Crippen LogP contribution < -0.4 is 5.32 Å². The highest BCUT2D eigenvalue weighted by Crippen LogP contribution is 2.20. The van der Waals surface area contributed by atoms with E-state index in [9.17, 15) is 14.9 Å². The Hall–Kier alpha value is -2.48. The molecule has 0 aliphatic rings. The van der Waals surface area contributed by atoms with Crippen molar-refractivity contribution in [1.82, 2.24) is 20.3 Å². The summed E-state index contributed by atoms with van der Waals surface area (Å²) in [5, 5.41) is 13.3. The largest absolute Gasteiger partial charge is 0.347 e. The Morgan fingerprint density at radius 2 is 2.32 bits per heavy atom. The average molecular weight is 282 g/mol. The lowest BCUT2D eigenvalue weighted by molar-refractivity contribution is -0.385. The van der Waals surface area contributed by atoms with E-state index in [-0.39, 0.29) is 17.3 Å². The number of nitrogens with one attached hydrogen (secondary N) is 2. The summed E-state index contributed by atoms with van der Waals surface area (Å²) in [6.45, 7) is 0.177. The molecular formula is C10H8ClN5O3. The minimum absolute atomic E-state index is 0.0114. The summed E-state index contributed by atoms with van der Waals surface area (Å²) in [5.74, 6) is -0.606. The number of carbonyl (C=O) groups excluding carboxylic acids is 1.